The Morgan fingerprint density at radius 1 is 1.58 bits per heavy atom. The minimum atomic E-state index is -4.62. The average Bonchev–Trinajstić information content (AvgIpc) is 2.68. The first-order chi connectivity index (χ1) is 8.87. The molecule has 0 amide bonds. The van der Waals surface area contributed by atoms with Crippen molar-refractivity contribution in [2.75, 3.05) is 6.61 Å². The second-order valence-electron chi connectivity index (χ2n) is 4.03. The molecule has 1 aromatic heterocycles. The van der Waals surface area contributed by atoms with Crippen LogP contribution in [0.1, 0.15) is 12.6 Å². The lowest BCUT2D eigenvalue weighted by molar-refractivity contribution is -0.0450. The van der Waals surface area contributed by atoms with Gasteiger partial charge in [0.25, 0.3) is 0 Å². The van der Waals surface area contributed by atoms with E-state index in [-0.39, 0.29) is 6.42 Å². The van der Waals surface area contributed by atoms with Crippen molar-refractivity contribution in [1.82, 2.24) is 9.55 Å². The molecular weight excluding hydrogens is 279 g/mol. The highest BCUT2D eigenvalue weighted by Crippen LogP contribution is 2.38. The maximum Gasteiger partial charge on any atom is 0.469 e. The van der Waals surface area contributed by atoms with Crippen molar-refractivity contribution in [2.45, 2.75) is 24.9 Å². The lowest BCUT2D eigenvalue weighted by atomic mass is 10.2. The third kappa shape index (κ3) is 3.69. The van der Waals surface area contributed by atoms with Crippen molar-refractivity contribution in [3.8, 4) is 0 Å². The van der Waals surface area contributed by atoms with E-state index in [1.807, 2.05) is 0 Å². The first kappa shape index (κ1) is 14.3. The van der Waals surface area contributed by atoms with Gasteiger partial charge in [0.05, 0.1) is 12.7 Å². The molecule has 10 heteroatoms. The number of nitrogens with zero attached hydrogens (tertiary/aromatic N) is 2. The number of phosphoric acid groups is 1. The molecule has 0 radical (unpaired) electrons. The van der Waals surface area contributed by atoms with Gasteiger partial charge in [-0.1, -0.05) is 0 Å². The van der Waals surface area contributed by atoms with Crippen molar-refractivity contribution < 1.29 is 28.7 Å². The Balaban J connectivity index is 2.03. The SMILES string of the molecule is O=c1ncccn1[C@H]1C[C@H](O)[C@@H](COP(=O)(O)O)O1. The maximum atomic E-state index is 11.5. The molecule has 0 spiro atoms. The molecule has 0 saturated carbocycles. The normalized spacial score (nSPS) is 27.6. The lowest BCUT2D eigenvalue weighted by Crippen LogP contribution is -2.27. The van der Waals surface area contributed by atoms with Crippen molar-refractivity contribution in [2.24, 2.45) is 0 Å². The molecule has 3 N–H and O–H groups in total. The molecule has 1 aromatic rings. The third-order valence-electron chi connectivity index (χ3n) is 2.66. The fourth-order valence-electron chi connectivity index (χ4n) is 1.79. The van der Waals surface area contributed by atoms with Crippen LogP contribution in [0.4, 0.5) is 0 Å². The second kappa shape index (κ2) is 5.49. The number of phosphoric ester groups is 1. The Morgan fingerprint density at radius 2 is 2.32 bits per heavy atom. The molecule has 2 heterocycles. The number of aromatic nitrogens is 2. The van der Waals surface area contributed by atoms with E-state index in [9.17, 15) is 14.5 Å². The highest BCUT2D eigenvalue weighted by molar-refractivity contribution is 7.46. The van der Waals surface area contributed by atoms with Crippen LogP contribution in [-0.4, -0.2) is 43.3 Å². The quantitative estimate of drug-likeness (QED) is 0.602. The summed E-state index contributed by atoms with van der Waals surface area (Å²) < 4.78 is 21.4. The van der Waals surface area contributed by atoms with Crippen LogP contribution in [-0.2, 0) is 13.8 Å². The van der Waals surface area contributed by atoms with E-state index in [0.717, 1.165) is 0 Å². The zero-order valence-electron chi connectivity index (χ0n) is 9.69. The number of ether oxygens (including phenoxy) is 1. The topological polar surface area (TPSA) is 131 Å². The summed E-state index contributed by atoms with van der Waals surface area (Å²) in [6.07, 6.45) is 0.271. The highest BCUT2D eigenvalue weighted by atomic mass is 31.2. The summed E-state index contributed by atoms with van der Waals surface area (Å²) in [6.45, 7) is -0.461. The van der Waals surface area contributed by atoms with Crippen LogP contribution in [0.5, 0.6) is 0 Å². The van der Waals surface area contributed by atoms with Crippen molar-refractivity contribution in [3.63, 3.8) is 0 Å². The predicted octanol–water partition coefficient (Wildman–Crippen LogP) is -0.999. The molecule has 1 aliphatic rings. The monoisotopic (exact) mass is 292 g/mol. The first-order valence-electron chi connectivity index (χ1n) is 5.43. The standard InChI is InChI=1S/C9H13N2O7P/c12-6-4-8(11-3-1-2-10-9(11)13)18-7(6)5-17-19(14,15)16/h1-3,6-8,12H,4-5H2,(H2,14,15,16)/t6-,7+,8+/m0/s1. The average molecular weight is 292 g/mol. The summed E-state index contributed by atoms with van der Waals surface area (Å²) >= 11 is 0. The zero-order chi connectivity index (χ0) is 14.0. The molecule has 9 nitrogen and oxygen atoms in total. The minimum Gasteiger partial charge on any atom is -0.390 e. The van der Waals surface area contributed by atoms with Crippen LogP contribution in [0.25, 0.3) is 0 Å². The fraction of sp³-hybridized carbons (Fsp3) is 0.556. The number of aliphatic hydroxyl groups is 1. The maximum absolute atomic E-state index is 11.5. The van der Waals surface area contributed by atoms with Gasteiger partial charge >= 0.3 is 13.5 Å². The Morgan fingerprint density at radius 3 is 2.95 bits per heavy atom. The molecule has 1 fully saturated rings. The van der Waals surface area contributed by atoms with E-state index in [2.05, 4.69) is 9.51 Å². The van der Waals surface area contributed by atoms with Crippen molar-refractivity contribution in [1.29, 1.82) is 0 Å². The minimum absolute atomic E-state index is 0.112. The lowest BCUT2D eigenvalue weighted by Gasteiger charge is -2.16. The zero-order valence-corrected chi connectivity index (χ0v) is 10.6. The molecule has 1 saturated heterocycles. The van der Waals surface area contributed by atoms with Gasteiger partial charge in [-0.05, 0) is 6.07 Å². The smallest absolute Gasteiger partial charge is 0.390 e. The molecule has 0 unspecified atom stereocenters. The van der Waals surface area contributed by atoms with Crippen LogP contribution < -0.4 is 5.69 Å². The molecular formula is C9H13N2O7P. The third-order valence-corrected chi connectivity index (χ3v) is 3.15. The van der Waals surface area contributed by atoms with Gasteiger partial charge in [0.15, 0.2) is 0 Å². The Bertz CT molecular complexity index is 541. The highest BCUT2D eigenvalue weighted by Gasteiger charge is 2.36. The van der Waals surface area contributed by atoms with Crippen molar-refractivity contribution >= 4 is 7.82 Å². The number of hydrogen-bond acceptors (Lipinski definition) is 6. The summed E-state index contributed by atoms with van der Waals surface area (Å²) in [5.74, 6) is 0. The summed E-state index contributed by atoms with van der Waals surface area (Å²) in [7, 11) is -4.62. The van der Waals surface area contributed by atoms with Gasteiger partial charge in [0.2, 0.25) is 0 Å². The van der Waals surface area contributed by atoms with Gasteiger partial charge in [-0.2, -0.15) is 0 Å². The van der Waals surface area contributed by atoms with Gasteiger partial charge in [-0.25, -0.2) is 14.3 Å². The summed E-state index contributed by atoms with van der Waals surface area (Å²) in [4.78, 5) is 32.2. The van der Waals surface area contributed by atoms with E-state index in [0.29, 0.717) is 0 Å². The van der Waals surface area contributed by atoms with Crippen molar-refractivity contribution in [3.05, 3.63) is 28.9 Å². The summed E-state index contributed by atoms with van der Waals surface area (Å²) in [5.41, 5.74) is -0.531. The van der Waals surface area contributed by atoms with Gasteiger partial charge in [0.1, 0.15) is 12.3 Å². The molecule has 0 bridgehead atoms. The molecule has 0 aromatic carbocycles. The molecule has 3 atom stereocenters. The molecule has 19 heavy (non-hydrogen) atoms. The van der Waals surface area contributed by atoms with E-state index in [1.165, 1.54) is 23.0 Å². The van der Waals surface area contributed by atoms with Crippen LogP contribution in [0.15, 0.2) is 23.3 Å². The van der Waals surface area contributed by atoms with Crippen LogP contribution in [0, 0.1) is 0 Å². The van der Waals surface area contributed by atoms with Gasteiger partial charge in [-0.3, -0.25) is 9.09 Å². The Kier molecular flexibility index (Phi) is 4.14. The van der Waals surface area contributed by atoms with Gasteiger partial charge in [0, 0.05) is 18.8 Å². The van der Waals surface area contributed by atoms with Crippen LogP contribution in [0.2, 0.25) is 0 Å². The van der Waals surface area contributed by atoms with Crippen LogP contribution in [0.3, 0.4) is 0 Å². The van der Waals surface area contributed by atoms with E-state index in [4.69, 9.17) is 14.5 Å². The van der Waals surface area contributed by atoms with E-state index >= 15 is 0 Å². The van der Waals surface area contributed by atoms with Gasteiger partial charge < -0.3 is 19.6 Å². The van der Waals surface area contributed by atoms with Crippen LogP contribution >= 0.6 is 7.82 Å². The molecule has 106 valence electrons. The summed E-state index contributed by atoms with van der Waals surface area (Å²) in [5, 5.41) is 9.71. The van der Waals surface area contributed by atoms with E-state index < -0.39 is 38.6 Å². The molecule has 0 aliphatic carbocycles. The van der Waals surface area contributed by atoms with E-state index in [1.54, 1.807) is 0 Å². The Labute approximate surface area is 107 Å². The summed E-state index contributed by atoms with van der Waals surface area (Å²) in [6, 6.07) is 1.54. The predicted molar refractivity (Wildman–Crippen MR) is 61.0 cm³/mol. The Hall–Kier alpha value is -1.09. The number of hydrogen-bond donors (Lipinski definition) is 3. The molecule has 2 rings (SSSR count). The number of aliphatic hydroxyl groups excluding tert-OH is 1. The van der Waals surface area contributed by atoms with Gasteiger partial charge in [-0.15, -0.1) is 0 Å². The largest absolute Gasteiger partial charge is 0.469 e. The molecule has 1 aliphatic heterocycles. The second-order valence-corrected chi connectivity index (χ2v) is 5.27. The fourth-order valence-corrected chi connectivity index (χ4v) is 2.14. The first-order valence-corrected chi connectivity index (χ1v) is 6.96. The number of rotatable bonds is 4.